The zero-order valence-electron chi connectivity index (χ0n) is 10.1. The molecule has 0 spiro atoms. The Kier molecular flexibility index (Phi) is 3.93. The highest BCUT2D eigenvalue weighted by Gasteiger charge is 2.38. The molecule has 0 saturated carbocycles. The molecule has 5 nitrogen and oxygen atoms in total. The standard InChI is InChI=1S/C10H12F3N3O2S/c1-18-7(17)6-4-2-3-5-16(6)9-14-8(15-19-9)10(11,12)13/h6H,2-5H2,1H3. The van der Waals surface area contributed by atoms with Crippen molar-refractivity contribution < 1.29 is 22.7 Å². The van der Waals surface area contributed by atoms with Crippen molar-refractivity contribution in [1.82, 2.24) is 9.36 Å². The van der Waals surface area contributed by atoms with E-state index in [0.29, 0.717) is 24.5 Å². The number of hydrogen-bond donors (Lipinski definition) is 0. The van der Waals surface area contributed by atoms with E-state index in [0.717, 1.165) is 12.8 Å². The van der Waals surface area contributed by atoms with Crippen LogP contribution in [0.5, 0.6) is 0 Å². The number of halogens is 3. The Bertz CT molecular complexity index is 463. The molecule has 1 aromatic rings. The van der Waals surface area contributed by atoms with E-state index in [2.05, 4.69) is 14.1 Å². The first kappa shape index (κ1) is 14.0. The normalized spacial score (nSPS) is 20.4. The molecule has 1 atom stereocenters. The van der Waals surface area contributed by atoms with Crippen LogP contribution in [-0.2, 0) is 15.7 Å². The lowest BCUT2D eigenvalue weighted by atomic mass is 10.0. The molecule has 0 bridgehead atoms. The molecule has 2 rings (SSSR count). The van der Waals surface area contributed by atoms with Gasteiger partial charge in [0.05, 0.1) is 7.11 Å². The highest BCUT2D eigenvalue weighted by molar-refractivity contribution is 7.09. The van der Waals surface area contributed by atoms with Crippen LogP contribution in [0.2, 0.25) is 0 Å². The molecule has 19 heavy (non-hydrogen) atoms. The maximum Gasteiger partial charge on any atom is 0.452 e. The zero-order valence-corrected chi connectivity index (χ0v) is 10.9. The van der Waals surface area contributed by atoms with Gasteiger partial charge in [-0.3, -0.25) is 0 Å². The summed E-state index contributed by atoms with van der Waals surface area (Å²) in [6.07, 6.45) is -2.38. The third kappa shape index (κ3) is 2.96. The largest absolute Gasteiger partial charge is 0.467 e. The van der Waals surface area contributed by atoms with E-state index in [-0.39, 0.29) is 5.13 Å². The summed E-state index contributed by atoms with van der Waals surface area (Å²) in [6.45, 7) is 0.478. The topological polar surface area (TPSA) is 55.3 Å². The second-order valence-electron chi connectivity index (χ2n) is 4.13. The maximum atomic E-state index is 12.5. The summed E-state index contributed by atoms with van der Waals surface area (Å²) in [7, 11) is 1.26. The van der Waals surface area contributed by atoms with Crippen LogP contribution >= 0.6 is 11.5 Å². The fraction of sp³-hybridized carbons (Fsp3) is 0.700. The van der Waals surface area contributed by atoms with Gasteiger partial charge in [0, 0.05) is 18.1 Å². The summed E-state index contributed by atoms with van der Waals surface area (Å²) < 4.78 is 45.3. The van der Waals surface area contributed by atoms with Gasteiger partial charge in [0.2, 0.25) is 11.0 Å². The number of rotatable bonds is 2. The first-order valence-electron chi connectivity index (χ1n) is 5.69. The van der Waals surface area contributed by atoms with E-state index in [4.69, 9.17) is 0 Å². The minimum atomic E-state index is -4.56. The van der Waals surface area contributed by atoms with Crippen LogP contribution in [0.3, 0.4) is 0 Å². The molecular formula is C10H12F3N3O2S. The van der Waals surface area contributed by atoms with Gasteiger partial charge >= 0.3 is 12.1 Å². The predicted molar refractivity (Wildman–Crippen MR) is 61.9 cm³/mol. The average Bonchev–Trinajstić information content (AvgIpc) is 2.87. The summed E-state index contributed by atoms with van der Waals surface area (Å²) in [5, 5.41) is 0.113. The van der Waals surface area contributed by atoms with Crippen LogP contribution in [0.1, 0.15) is 25.1 Å². The second-order valence-corrected chi connectivity index (χ2v) is 4.86. The van der Waals surface area contributed by atoms with E-state index >= 15 is 0 Å². The summed E-state index contributed by atoms with van der Waals surface area (Å²) >= 11 is 0.652. The number of hydrogen-bond acceptors (Lipinski definition) is 6. The highest BCUT2D eigenvalue weighted by Crippen LogP contribution is 2.32. The van der Waals surface area contributed by atoms with Crippen molar-refractivity contribution in [2.45, 2.75) is 31.5 Å². The van der Waals surface area contributed by atoms with Crippen molar-refractivity contribution in [2.24, 2.45) is 0 Å². The predicted octanol–water partition coefficient (Wildman–Crippen LogP) is 2.09. The SMILES string of the molecule is COC(=O)C1CCCCN1c1nc(C(F)(F)F)ns1. The minimum Gasteiger partial charge on any atom is -0.467 e. The number of piperidine rings is 1. The van der Waals surface area contributed by atoms with E-state index < -0.39 is 24.0 Å². The Morgan fingerprint density at radius 1 is 1.47 bits per heavy atom. The molecule has 2 heterocycles. The lowest BCUT2D eigenvalue weighted by Gasteiger charge is -2.33. The molecule has 0 aromatic carbocycles. The van der Waals surface area contributed by atoms with Gasteiger partial charge in [-0.25, -0.2) is 4.79 Å². The molecule has 1 aliphatic heterocycles. The van der Waals surface area contributed by atoms with Crippen LogP contribution in [0, 0.1) is 0 Å². The van der Waals surface area contributed by atoms with E-state index in [1.165, 1.54) is 7.11 Å². The van der Waals surface area contributed by atoms with Crippen molar-refractivity contribution in [3.05, 3.63) is 5.82 Å². The third-order valence-corrected chi connectivity index (χ3v) is 3.64. The lowest BCUT2D eigenvalue weighted by Crippen LogP contribution is -2.45. The van der Waals surface area contributed by atoms with Gasteiger partial charge in [-0.2, -0.15) is 22.5 Å². The Morgan fingerprint density at radius 2 is 2.21 bits per heavy atom. The number of anilines is 1. The first-order chi connectivity index (χ1) is 8.93. The molecular weight excluding hydrogens is 283 g/mol. The molecule has 1 unspecified atom stereocenters. The van der Waals surface area contributed by atoms with Crippen LogP contribution in [0.4, 0.5) is 18.3 Å². The molecule has 0 radical (unpaired) electrons. The number of aromatic nitrogens is 2. The Morgan fingerprint density at radius 3 is 2.79 bits per heavy atom. The van der Waals surface area contributed by atoms with Gasteiger partial charge in [-0.1, -0.05) is 0 Å². The molecule has 0 N–H and O–H groups in total. The Balaban J connectivity index is 2.23. The number of esters is 1. The molecule has 106 valence electrons. The van der Waals surface area contributed by atoms with Crippen molar-refractivity contribution in [2.75, 3.05) is 18.6 Å². The number of carbonyl (C=O) groups excluding carboxylic acids is 1. The molecule has 1 fully saturated rings. The van der Waals surface area contributed by atoms with Gasteiger partial charge in [0.1, 0.15) is 6.04 Å². The number of ether oxygens (including phenoxy) is 1. The smallest absolute Gasteiger partial charge is 0.452 e. The first-order valence-corrected chi connectivity index (χ1v) is 6.46. The molecule has 1 aromatic heterocycles. The second kappa shape index (κ2) is 5.32. The summed E-state index contributed by atoms with van der Waals surface area (Å²) in [6, 6.07) is -0.576. The zero-order chi connectivity index (χ0) is 14.0. The van der Waals surface area contributed by atoms with Crippen LogP contribution < -0.4 is 4.90 Å². The summed E-state index contributed by atoms with van der Waals surface area (Å²) in [5.41, 5.74) is 0. The maximum absolute atomic E-state index is 12.5. The number of methoxy groups -OCH3 is 1. The molecule has 9 heteroatoms. The summed E-state index contributed by atoms with van der Waals surface area (Å²) in [4.78, 5) is 16.6. The summed E-state index contributed by atoms with van der Waals surface area (Å²) in [5.74, 6) is -1.62. The number of carbonyl (C=O) groups is 1. The van der Waals surface area contributed by atoms with Crippen molar-refractivity contribution in [3.8, 4) is 0 Å². The van der Waals surface area contributed by atoms with E-state index in [1.54, 1.807) is 4.90 Å². The molecule has 1 aliphatic rings. The Labute approximate surface area is 111 Å². The third-order valence-electron chi connectivity index (χ3n) is 2.89. The van der Waals surface area contributed by atoms with Crippen molar-refractivity contribution in [3.63, 3.8) is 0 Å². The lowest BCUT2D eigenvalue weighted by molar-refractivity contribution is -0.144. The number of nitrogens with zero attached hydrogens (tertiary/aromatic N) is 3. The van der Waals surface area contributed by atoms with E-state index in [1.807, 2.05) is 0 Å². The minimum absolute atomic E-state index is 0.113. The fourth-order valence-electron chi connectivity index (χ4n) is 1.99. The van der Waals surface area contributed by atoms with Gasteiger partial charge in [-0.05, 0) is 19.3 Å². The molecule has 0 aliphatic carbocycles. The molecule has 0 amide bonds. The Hall–Kier alpha value is -1.38. The van der Waals surface area contributed by atoms with Gasteiger partial charge < -0.3 is 9.64 Å². The van der Waals surface area contributed by atoms with Crippen LogP contribution in [0.15, 0.2) is 0 Å². The monoisotopic (exact) mass is 295 g/mol. The van der Waals surface area contributed by atoms with Gasteiger partial charge in [0.15, 0.2) is 0 Å². The van der Waals surface area contributed by atoms with Crippen molar-refractivity contribution in [1.29, 1.82) is 0 Å². The van der Waals surface area contributed by atoms with Crippen molar-refractivity contribution >= 4 is 22.6 Å². The molecule has 1 saturated heterocycles. The fourth-order valence-corrected chi connectivity index (χ4v) is 2.75. The van der Waals surface area contributed by atoms with Crippen LogP contribution in [0.25, 0.3) is 0 Å². The average molecular weight is 295 g/mol. The quantitative estimate of drug-likeness (QED) is 0.782. The number of alkyl halides is 3. The van der Waals surface area contributed by atoms with Crippen LogP contribution in [-0.4, -0.2) is 35.0 Å². The van der Waals surface area contributed by atoms with Gasteiger partial charge in [0.25, 0.3) is 0 Å². The highest BCUT2D eigenvalue weighted by atomic mass is 32.1. The van der Waals surface area contributed by atoms with E-state index in [9.17, 15) is 18.0 Å². The van der Waals surface area contributed by atoms with Gasteiger partial charge in [-0.15, -0.1) is 0 Å².